The fourth-order valence-corrected chi connectivity index (χ4v) is 2.28. The van der Waals surface area contributed by atoms with Crippen molar-refractivity contribution >= 4 is 17.4 Å². The van der Waals surface area contributed by atoms with E-state index in [9.17, 15) is 4.39 Å². The molecule has 0 saturated carbocycles. The van der Waals surface area contributed by atoms with Gasteiger partial charge in [0.05, 0.1) is 0 Å². The van der Waals surface area contributed by atoms with E-state index in [-0.39, 0.29) is 11.9 Å². The lowest BCUT2D eigenvalue weighted by atomic mass is 10.00. The van der Waals surface area contributed by atoms with Crippen molar-refractivity contribution in [1.82, 2.24) is 10.4 Å². The SMILES string of the molecule is NNC(Cc1ccc(F)cc1Cl)Cc1cccnc1N. The van der Waals surface area contributed by atoms with Crippen molar-refractivity contribution in [3.63, 3.8) is 0 Å². The lowest BCUT2D eigenvalue weighted by Crippen LogP contribution is -2.38. The zero-order valence-corrected chi connectivity index (χ0v) is 11.6. The molecule has 0 amide bonds. The minimum Gasteiger partial charge on any atom is -0.383 e. The molecule has 1 unspecified atom stereocenters. The van der Waals surface area contributed by atoms with Gasteiger partial charge in [0.1, 0.15) is 11.6 Å². The minimum atomic E-state index is -0.354. The van der Waals surface area contributed by atoms with Crippen LogP contribution in [0.25, 0.3) is 0 Å². The predicted octanol–water partition coefficient (Wildman–Crippen LogP) is 2.07. The fraction of sp³-hybridized carbons (Fsp3) is 0.214. The Hall–Kier alpha value is -1.69. The van der Waals surface area contributed by atoms with Crippen LogP contribution in [0.3, 0.4) is 0 Å². The van der Waals surface area contributed by atoms with Crippen LogP contribution in [-0.4, -0.2) is 11.0 Å². The van der Waals surface area contributed by atoms with E-state index in [2.05, 4.69) is 10.4 Å². The van der Waals surface area contributed by atoms with E-state index in [1.807, 2.05) is 12.1 Å². The molecule has 1 heterocycles. The standard InChI is InChI=1S/C14H16ClFN4/c15-13-8-11(16)4-3-9(13)6-12(20-18)7-10-2-1-5-19-14(10)17/h1-5,8,12,20H,6-7,18H2,(H2,17,19). The maximum Gasteiger partial charge on any atom is 0.126 e. The lowest BCUT2D eigenvalue weighted by molar-refractivity contribution is 0.522. The fourth-order valence-electron chi connectivity index (χ4n) is 2.03. The number of nitrogens with zero attached hydrogens (tertiary/aromatic N) is 1. The van der Waals surface area contributed by atoms with E-state index >= 15 is 0 Å². The molecular formula is C14H16ClFN4. The number of rotatable bonds is 5. The average molecular weight is 295 g/mol. The molecule has 1 atom stereocenters. The Bertz CT molecular complexity index is 591. The summed E-state index contributed by atoms with van der Waals surface area (Å²) in [6.45, 7) is 0. The van der Waals surface area contributed by atoms with Crippen molar-refractivity contribution in [3.8, 4) is 0 Å². The van der Waals surface area contributed by atoms with Gasteiger partial charge in [0.25, 0.3) is 0 Å². The molecule has 0 radical (unpaired) electrons. The van der Waals surface area contributed by atoms with Crippen molar-refractivity contribution in [2.45, 2.75) is 18.9 Å². The number of anilines is 1. The van der Waals surface area contributed by atoms with E-state index in [0.29, 0.717) is 23.7 Å². The van der Waals surface area contributed by atoms with E-state index in [1.165, 1.54) is 12.1 Å². The molecule has 0 aliphatic carbocycles. The Labute approximate surface area is 121 Å². The molecule has 20 heavy (non-hydrogen) atoms. The summed E-state index contributed by atoms with van der Waals surface area (Å²) >= 11 is 6.02. The Morgan fingerprint density at radius 2 is 2.00 bits per heavy atom. The second-order valence-electron chi connectivity index (χ2n) is 4.56. The Morgan fingerprint density at radius 1 is 1.25 bits per heavy atom. The van der Waals surface area contributed by atoms with E-state index in [0.717, 1.165) is 11.1 Å². The van der Waals surface area contributed by atoms with Gasteiger partial charge in [-0.2, -0.15) is 0 Å². The normalized spacial score (nSPS) is 12.3. The lowest BCUT2D eigenvalue weighted by Gasteiger charge is -2.17. The molecule has 2 rings (SSSR count). The highest BCUT2D eigenvalue weighted by molar-refractivity contribution is 6.31. The quantitative estimate of drug-likeness (QED) is 0.583. The summed E-state index contributed by atoms with van der Waals surface area (Å²) < 4.78 is 13.0. The van der Waals surface area contributed by atoms with Gasteiger partial charge in [-0.3, -0.25) is 11.3 Å². The van der Waals surface area contributed by atoms with Crippen LogP contribution in [0.1, 0.15) is 11.1 Å². The van der Waals surface area contributed by atoms with Crippen LogP contribution in [-0.2, 0) is 12.8 Å². The molecule has 0 aliphatic heterocycles. The molecule has 2 aromatic rings. The average Bonchev–Trinajstić information content (AvgIpc) is 2.43. The molecule has 106 valence electrons. The highest BCUT2D eigenvalue weighted by Gasteiger charge is 2.13. The third kappa shape index (κ3) is 3.66. The van der Waals surface area contributed by atoms with Crippen LogP contribution in [0, 0.1) is 5.82 Å². The van der Waals surface area contributed by atoms with Gasteiger partial charge in [0.2, 0.25) is 0 Å². The maximum atomic E-state index is 13.0. The molecule has 1 aromatic carbocycles. The highest BCUT2D eigenvalue weighted by Crippen LogP contribution is 2.20. The molecule has 0 saturated heterocycles. The number of pyridine rings is 1. The first-order chi connectivity index (χ1) is 9.60. The number of nitrogen functional groups attached to an aromatic ring is 1. The molecule has 0 spiro atoms. The molecule has 0 bridgehead atoms. The number of hydrazine groups is 1. The largest absolute Gasteiger partial charge is 0.383 e. The maximum absolute atomic E-state index is 13.0. The summed E-state index contributed by atoms with van der Waals surface area (Å²) in [4.78, 5) is 4.04. The van der Waals surface area contributed by atoms with Gasteiger partial charge in [0, 0.05) is 17.3 Å². The zero-order valence-electron chi connectivity index (χ0n) is 10.8. The van der Waals surface area contributed by atoms with Crippen molar-refractivity contribution in [3.05, 3.63) is 58.5 Å². The molecule has 5 N–H and O–H groups in total. The van der Waals surface area contributed by atoms with E-state index < -0.39 is 0 Å². The van der Waals surface area contributed by atoms with Crippen molar-refractivity contribution in [1.29, 1.82) is 0 Å². The van der Waals surface area contributed by atoms with Gasteiger partial charge in [-0.25, -0.2) is 9.37 Å². The molecule has 1 aromatic heterocycles. The Morgan fingerprint density at radius 3 is 2.65 bits per heavy atom. The smallest absolute Gasteiger partial charge is 0.126 e. The van der Waals surface area contributed by atoms with Crippen molar-refractivity contribution < 1.29 is 4.39 Å². The van der Waals surface area contributed by atoms with Crippen LogP contribution in [0.5, 0.6) is 0 Å². The minimum absolute atomic E-state index is 0.0653. The second-order valence-corrected chi connectivity index (χ2v) is 4.96. The molecular weight excluding hydrogens is 279 g/mol. The topological polar surface area (TPSA) is 77.0 Å². The number of hydrogen-bond donors (Lipinski definition) is 3. The third-order valence-corrected chi connectivity index (χ3v) is 3.46. The van der Waals surface area contributed by atoms with E-state index in [1.54, 1.807) is 12.3 Å². The number of halogens is 2. The summed E-state index contributed by atoms with van der Waals surface area (Å²) in [5.74, 6) is 5.70. The first-order valence-electron chi connectivity index (χ1n) is 6.19. The first-order valence-corrected chi connectivity index (χ1v) is 6.57. The van der Waals surface area contributed by atoms with Crippen LogP contribution in [0.15, 0.2) is 36.5 Å². The van der Waals surface area contributed by atoms with Gasteiger partial charge in [-0.05, 0) is 42.2 Å². The summed E-state index contributed by atoms with van der Waals surface area (Å²) in [5, 5.41) is 0.393. The number of benzene rings is 1. The number of aromatic nitrogens is 1. The van der Waals surface area contributed by atoms with Gasteiger partial charge in [-0.15, -0.1) is 0 Å². The monoisotopic (exact) mass is 294 g/mol. The molecule has 4 nitrogen and oxygen atoms in total. The first kappa shape index (κ1) is 14.7. The third-order valence-electron chi connectivity index (χ3n) is 3.11. The highest BCUT2D eigenvalue weighted by atomic mass is 35.5. The molecule has 0 aliphatic rings. The van der Waals surface area contributed by atoms with Crippen LogP contribution < -0.4 is 17.0 Å². The summed E-state index contributed by atoms with van der Waals surface area (Å²) in [7, 11) is 0. The van der Waals surface area contributed by atoms with Crippen molar-refractivity contribution in [2.24, 2.45) is 5.84 Å². The molecule has 6 heteroatoms. The van der Waals surface area contributed by atoms with Gasteiger partial charge < -0.3 is 5.73 Å². The number of nitrogens with two attached hydrogens (primary N) is 2. The van der Waals surface area contributed by atoms with Gasteiger partial charge >= 0.3 is 0 Å². The zero-order chi connectivity index (χ0) is 14.5. The summed E-state index contributed by atoms with van der Waals surface area (Å²) in [6.07, 6.45) is 2.83. The van der Waals surface area contributed by atoms with Crippen LogP contribution in [0.2, 0.25) is 5.02 Å². The van der Waals surface area contributed by atoms with Crippen LogP contribution >= 0.6 is 11.6 Å². The van der Waals surface area contributed by atoms with Gasteiger partial charge in [0.15, 0.2) is 0 Å². The summed E-state index contributed by atoms with van der Waals surface area (Å²) in [5.41, 5.74) is 10.3. The Balaban J connectivity index is 2.11. The summed E-state index contributed by atoms with van der Waals surface area (Å²) in [6, 6.07) is 8.00. The molecule has 0 fully saturated rings. The van der Waals surface area contributed by atoms with Gasteiger partial charge in [-0.1, -0.05) is 23.7 Å². The predicted molar refractivity (Wildman–Crippen MR) is 78.6 cm³/mol. The Kier molecular flexibility index (Phi) is 4.89. The van der Waals surface area contributed by atoms with Crippen molar-refractivity contribution in [2.75, 3.05) is 5.73 Å². The number of nitrogens with one attached hydrogen (secondary N) is 1. The second kappa shape index (κ2) is 6.65. The van der Waals surface area contributed by atoms with E-state index in [4.69, 9.17) is 23.2 Å². The number of hydrogen-bond acceptors (Lipinski definition) is 4. The van der Waals surface area contributed by atoms with Crippen LogP contribution in [0.4, 0.5) is 10.2 Å².